The quantitative estimate of drug-likeness (QED) is 0.234. The predicted octanol–water partition coefficient (Wildman–Crippen LogP) is 3.17. The van der Waals surface area contributed by atoms with Gasteiger partial charge in [0, 0.05) is 5.56 Å². The van der Waals surface area contributed by atoms with Gasteiger partial charge in [0.25, 0.3) is 0 Å². The maximum atomic E-state index is 10.7. The molecule has 0 fully saturated rings. The molecule has 0 radical (unpaired) electrons. The highest BCUT2D eigenvalue weighted by molar-refractivity contribution is 5.76. The molecule has 0 spiro atoms. The van der Waals surface area contributed by atoms with Gasteiger partial charge in [0.15, 0.2) is 5.75 Å². The van der Waals surface area contributed by atoms with Crippen molar-refractivity contribution in [2.24, 2.45) is 0 Å². The molecule has 0 amide bonds. The molecule has 0 bridgehead atoms. The first-order chi connectivity index (χ1) is 8.67. The monoisotopic (exact) mass is 250 g/mol. The number of aldehydes is 1. The van der Waals surface area contributed by atoms with Crippen molar-refractivity contribution in [3.8, 4) is 11.5 Å². The second kappa shape index (κ2) is 7.50. The van der Waals surface area contributed by atoms with E-state index >= 15 is 0 Å². The fourth-order valence-electron chi connectivity index (χ4n) is 1.26. The Morgan fingerprint density at radius 1 is 1.39 bits per heavy atom. The molecule has 0 aliphatic heterocycles. The molecular weight excluding hydrogens is 232 g/mol. The first kappa shape index (κ1) is 14.3. The molecule has 0 heterocycles. The van der Waals surface area contributed by atoms with Crippen molar-refractivity contribution in [3.05, 3.63) is 35.9 Å². The molecular formula is C14H18O4. The largest absolute Gasteiger partial charge is 0.490 e. The van der Waals surface area contributed by atoms with Crippen LogP contribution in [-0.2, 0) is 4.89 Å². The average molecular weight is 250 g/mol. The van der Waals surface area contributed by atoms with Crippen molar-refractivity contribution in [2.75, 3.05) is 13.2 Å². The van der Waals surface area contributed by atoms with E-state index in [4.69, 9.17) is 14.5 Å². The van der Waals surface area contributed by atoms with E-state index in [1.807, 2.05) is 13.8 Å². The zero-order valence-electron chi connectivity index (χ0n) is 10.8. The standard InChI is InChI=1S/C14H18O4/c1-4-16-14-9-12(10-15)5-6-13(14)18-17-8-7-11(2)3/h5-6,9-10H,2,4,7-8H2,1,3H3. The van der Waals surface area contributed by atoms with E-state index in [0.29, 0.717) is 30.3 Å². The number of hydrogen-bond donors (Lipinski definition) is 0. The Morgan fingerprint density at radius 3 is 2.78 bits per heavy atom. The third-order valence-electron chi connectivity index (χ3n) is 2.16. The third-order valence-corrected chi connectivity index (χ3v) is 2.16. The summed E-state index contributed by atoms with van der Waals surface area (Å²) in [5.74, 6) is 0.960. The maximum absolute atomic E-state index is 10.7. The number of carbonyl (C=O) groups is 1. The summed E-state index contributed by atoms with van der Waals surface area (Å²) in [7, 11) is 0. The molecule has 0 unspecified atom stereocenters. The van der Waals surface area contributed by atoms with Crippen molar-refractivity contribution in [1.82, 2.24) is 0 Å². The first-order valence-corrected chi connectivity index (χ1v) is 5.83. The molecule has 1 aromatic carbocycles. The molecule has 98 valence electrons. The molecule has 4 heteroatoms. The Hall–Kier alpha value is -1.81. The number of carbonyl (C=O) groups excluding carboxylic acids is 1. The van der Waals surface area contributed by atoms with Crippen LogP contribution in [0.15, 0.2) is 30.4 Å². The Bertz CT molecular complexity index is 412. The zero-order valence-corrected chi connectivity index (χ0v) is 10.8. The number of benzene rings is 1. The summed E-state index contributed by atoms with van der Waals surface area (Å²) < 4.78 is 5.38. The van der Waals surface area contributed by atoms with Gasteiger partial charge < -0.3 is 9.62 Å². The van der Waals surface area contributed by atoms with Gasteiger partial charge in [-0.2, -0.15) is 4.89 Å². The van der Waals surface area contributed by atoms with E-state index in [-0.39, 0.29) is 0 Å². The van der Waals surface area contributed by atoms with Crippen LogP contribution >= 0.6 is 0 Å². The highest BCUT2D eigenvalue weighted by Crippen LogP contribution is 2.28. The zero-order chi connectivity index (χ0) is 13.4. The lowest BCUT2D eigenvalue weighted by Gasteiger charge is -2.10. The number of rotatable bonds is 8. The molecule has 0 N–H and O–H groups in total. The van der Waals surface area contributed by atoms with Gasteiger partial charge in [0.2, 0.25) is 5.75 Å². The van der Waals surface area contributed by atoms with Crippen LogP contribution < -0.4 is 9.62 Å². The molecule has 1 rings (SSSR count). The van der Waals surface area contributed by atoms with E-state index in [2.05, 4.69) is 6.58 Å². The van der Waals surface area contributed by atoms with Crippen LogP contribution in [-0.4, -0.2) is 19.5 Å². The fraction of sp³-hybridized carbons (Fsp3) is 0.357. The maximum Gasteiger partial charge on any atom is 0.207 e. The van der Waals surface area contributed by atoms with Crippen LogP contribution in [0.2, 0.25) is 0 Å². The lowest BCUT2D eigenvalue weighted by molar-refractivity contribution is -0.206. The van der Waals surface area contributed by atoms with Crippen molar-refractivity contribution in [2.45, 2.75) is 20.3 Å². The van der Waals surface area contributed by atoms with Gasteiger partial charge in [-0.25, -0.2) is 0 Å². The van der Waals surface area contributed by atoms with E-state index in [1.165, 1.54) is 0 Å². The summed E-state index contributed by atoms with van der Waals surface area (Å²) in [6, 6.07) is 4.91. The normalized spacial score (nSPS) is 9.89. The second-order valence-electron chi connectivity index (χ2n) is 3.87. The van der Waals surface area contributed by atoms with Gasteiger partial charge in [-0.1, -0.05) is 5.57 Å². The van der Waals surface area contributed by atoms with E-state index in [9.17, 15) is 4.79 Å². The van der Waals surface area contributed by atoms with Crippen LogP contribution in [0, 0.1) is 0 Å². The third kappa shape index (κ3) is 4.59. The van der Waals surface area contributed by atoms with E-state index < -0.39 is 0 Å². The molecule has 18 heavy (non-hydrogen) atoms. The van der Waals surface area contributed by atoms with E-state index in [1.54, 1.807) is 18.2 Å². The van der Waals surface area contributed by atoms with Crippen LogP contribution in [0.4, 0.5) is 0 Å². The van der Waals surface area contributed by atoms with Crippen molar-refractivity contribution >= 4 is 6.29 Å². The molecule has 0 saturated heterocycles. The van der Waals surface area contributed by atoms with Crippen LogP contribution in [0.1, 0.15) is 30.6 Å². The summed E-state index contributed by atoms with van der Waals surface area (Å²) in [6.07, 6.45) is 1.49. The molecule has 4 nitrogen and oxygen atoms in total. The van der Waals surface area contributed by atoms with Crippen molar-refractivity contribution in [1.29, 1.82) is 0 Å². The first-order valence-electron chi connectivity index (χ1n) is 5.83. The SMILES string of the molecule is C=C(C)CCOOc1ccc(C=O)cc1OCC. The molecule has 0 aliphatic carbocycles. The average Bonchev–Trinajstić information content (AvgIpc) is 2.36. The summed E-state index contributed by atoms with van der Waals surface area (Å²) >= 11 is 0. The van der Waals surface area contributed by atoms with Gasteiger partial charge in [0.05, 0.1) is 13.2 Å². The summed E-state index contributed by atoms with van der Waals surface area (Å²) in [5.41, 5.74) is 1.56. The van der Waals surface area contributed by atoms with Crippen LogP contribution in [0.3, 0.4) is 0 Å². The van der Waals surface area contributed by atoms with Crippen molar-refractivity contribution in [3.63, 3.8) is 0 Å². The minimum Gasteiger partial charge on any atom is -0.490 e. The number of hydrogen-bond acceptors (Lipinski definition) is 4. The number of ether oxygens (including phenoxy) is 1. The van der Waals surface area contributed by atoms with Gasteiger partial charge in [0.1, 0.15) is 6.29 Å². The smallest absolute Gasteiger partial charge is 0.207 e. The molecule has 0 aliphatic rings. The fourth-order valence-corrected chi connectivity index (χ4v) is 1.26. The minimum absolute atomic E-state index is 0.427. The van der Waals surface area contributed by atoms with Crippen LogP contribution in [0.25, 0.3) is 0 Å². The molecule has 1 aromatic rings. The van der Waals surface area contributed by atoms with Gasteiger partial charge in [-0.05, 0) is 38.5 Å². The summed E-state index contributed by atoms with van der Waals surface area (Å²) in [6.45, 7) is 8.47. The van der Waals surface area contributed by atoms with Crippen LogP contribution in [0.5, 0.6) is 11.5 Å². The molecule has 0 atom stereocenters. The Labute approximate surface area is 107 Å². The summed E-state index contributed by atoms with van der Waals surface area (Å²) in [4.78, 5) is 20.9. The Morgan fingerprint density at radius 2 is 2.17 bits per heavy atom. The highest BCUT2D eigenvalue weighted by Gasteiger charge is 2.07. The molecule has 0 saturated carbocycles. The molecule has 0 aromatic heterocycles. The lowest BCUT2D eigenvalue weighted by atomic mass is 10.2. The highest BCUT2D eigenvalue weighted by atomic mass is 17.2. The second-order valence-corrected chi connectivity index (χ2v) is 3.87. The van der Waals surface area contributed by atoms with Gasteiger partial charge in [-0.3, -0.25) is 4.79 Å². The minimum atomic E-state index is 0.427. The van der Waals surface area contributed by atoms with Crippen molar-refractivity contribution < 1.29 is 19.3 Å². The lowest BCUT2D eigenvalue weighted by Crippen LogP contribution is -2.02. The topological polar surface area (TPSA) is 44.8 Å². The predicted molar refractivity (Wildman–Crippen MR) is 69.0 cm³/mol. The summed E-state index contributed by atoms with van der Waals surface area (Å²) in [5, 5.41) is 0. The Balaban J connectivity index is 2.62. The van der Waals surface area contributed by atoms with Gasteiger partial charge in [-0.15, -0.1) is 6.58 Å². The Kier molecular flexibility index (Phi) is 5.94. The van der Waals surface area contributed by atoms with Gasteiger partial charge >= 0.3 is 0 Å². The van der Waals surface area contributed by atoms with E-state index in [0.717, 1.165) is 18.3 Å².